The van der Waals surface area contributed by atoms with Crippen molar-refractivity contribution in [1.82, 2.24) is 4.98 Å². The zero-order chi connectivity index (χ0) is 12.5. The number of nitrogens with one attached hydrogen (secondary N) is 1. The minimum absolute atomic E-state index is 0.578. The van der Waals surface area contributed by atoms with E-state index in [9.17, 15) is 0 Å². The van der Waals surface area contributed by atoms with Crippen molar-refractivity contribution in [1.29, 1.82) is 0 Å². The van der Waals surface area contributed by atoms with Crippen LogP contribution < -0.4 is 5.32 Å². The lowest BCUT2D eigenvalue weighted by atomic mass is 10.0. The fourth-order valence-electron chi connectivity index (χ4n) is 2.27. The van der Waals surface area contributed by atoms with E-state index in [2.05, 4.69) is 28.5 Å². The number of fused-ring (bicyclic) bond motifs is 1. The summed E-state index contributed by atoms with van der Waals surface area (Å²) in [5.41, 5.74) is 3.50. The summed E-state index contributed by atoms with van der Waals surface area (Å²) in [6.07, 6.45) is 2.43. The second-order valence-electron chi connectivity index (χ2n) is 4.46. The number of aryl methyl sites for hydroxylation is 2. The Labute approximate surface area is 111 Å². The molecule has 0 fully saturated rings. The van der Waals surface area contributed by atoms with Crippen molar-refractivity contribution in [2.24, 2.45) is 0 Å². The number of thioether (sulfide) groups is 1. The lowest BCUT2D eigenvalue weighted by molar-refractivity contribution is 0.588. The fraction of sp³-hybridized carbons (Fsp3) is 0.357. The van der Waals surface area contributed by atoms with Crippen molar-refractivity contribution in [3.63, 3.8) is 0 Å². The van der Waals surface area contributed by atoms with Gasteiger partial charge in [-0.3, -0.25) is 0 Å². The average molecular weight is 260 g/mol. The first-order valence-corrected chi connectivity index (χ1v) is 7.18. The molecule has 3 nitrogen and oxygen atoms in total. The van der Waals surface area contributed by atoms with E-state index >= 15 is 0 Å². The van der Waals surface area contributed by atoms with E-state index in [4.69, 9.17) is 4.42 Å². The van der Waals surface area contributed by atoms with Gasteiger partial charge in [-0.25, -0.2) is 0 Å². The molecule has 0 saturated carbocycles. The standard InChI is InChI=1S/C14H16N2OS/c1-9-13(17-14(15-2)16-9)11-5-6-12-10(8-11)4-3-7-18-12/h5-6,8H,3-4,7H2,1-2H3,(H,15,16). The third kappa shape index (κ3) is 2.01. The summed E-state index contributed by atoms with van der Waals surface area (Å²) in [6, 6.07) is 7.16. The summed E-state index contributed by atoms with van der Waals surface area (Å²) in [5.74, 6) is 2.11. The molecule has 0 saturated heterocycles. The molecule has 0 bridgehead atoms. The number of oxazole rings is 1. The van der Waals surface area contributed by atoms with Crippen molar-refractivity contribution < 1.29 is 4.42 Å². The number of rotatable bonds is 2. The Kier molecular flexibility index (Phi) is 3.04. The smallest absolute Gasteiger partial charge is 0.295 e. The first kappa shape index (κ1) is 11.7. The van der Waals surface area contributed by atoms with Crippen LogP contribution in [0.15, 0.2) is 27.5 Å². The molecular weight excluding hydrogens is 244 g/mol. The highest BCUT2D eigenvalue weighted by Crippen LogP contribution is 2.34. The molecule has 2 heterocycles. The summed E-state index contributed by atoms with van der Waals surface area (Å²) < 4.78 is 5.71. The van der Waals surface area contributed by atoms with E-state index in [-0.39, 0.29) is 0 Å². The van der Waals surface area contributed by atoms with Gasteiger partial charge in [-0.2, -0.15) is 4.98 Å². The first-order chi connectivity index (χ1) is 8.78. The van der Waals surface area contributed by atoms with Gasteiger partial charge in [0.1, 0.15) is 0 Å². The van der Waals surface area contributed by atoms with E-state index in [0.717, 1.165) is 17.0 Å². The third-order valence-electron chi connectivity index (χ3n) is 3.18. The molecule has 0 amide bonds. The highest BCUT2D eigenvalue weighted by Gasteiger charge is 2.15. The van der Waals surface area contributed by atoms with Crippen LogP contribution >= 0.6 is 11.8 Å². The molecule has 1 aromatic carbocycles. The quantitative estimate of drug-likeness (QED) is 0.893. The summed E-state index contributed by atoms with van der Waals surface area (Å²) in [5, 5.41) is 2.94. The van der Waals surface area contributed by atoms with Crippen molar-refractivity contribution in [3.05, 3.63) is 29.5 Å². The van der Waals surface area contributed by atoms with Crippen LogP contribution in [-0.2, 0) is 6.42 Å². The largest absolute Gasteiger partial charge is 0.423 e. The van der Waals surface area contributed by atoms with Crippen molar-refractivity contribution in [2.75, 3.05) is 18.1 Å². The molecule has 1 N–H and O–H groups in total. The number of anilines is 1. The van der Waals surface area contributed by atoms with Crippen molar-refractivity contribution >= 4 is 17.8 Å². The molecule has 1 aromatic heterocycles. The number of aromatic nitrogens is 1. The van der Waals surface area contributed by atoms with Gasteiger partial charge in [0.2, 0.25) is 0 Å². The van der Waals surface area contributed by atoms with Gasteiger partial charge >= 0.3 is 0 Å². The van der Waals surface area contributed by atoms with Crippen molar-refractivity contribution in [2.45, 2.75) is 24.7 Å². The highest BCUT2D eigenvalue weighted by atomic mass is 32.2. The minimum Gasteiger partial charge on any atom is -0.423 e. The summed E-state index contributed by atoms with van der Waals surface area (Å²) in [4.78, 5) is 5.75. The predicted octanol–water partition coefficient (Wildman–Crippen LogP) is 3.73. The van der Waals surface area contributed by atoms with Crippen molar-refractivity contribution in [3.8, 4) is 11.3 Å². The fourth-order valence-corrected chi connectivity index (χ4v) is 3.29. The number of hydrogen-bond donors (Lipinski definition) is 1. The monoisotopic (exact) mass is 260 g/mol. The zero-order valence-electron chi connectivity index (χ0n) is 10.6. The molecule has 0 atom stereocenters. The van der Waals surface area contributed by atoms with Gasteiger partial charge in [-0.05, 0) is 43.2 Å². The zero-order valence-corrected chi connectivity index (χ0v) is 11.4. The molecule has 0 unspecified atom stereocenters. The maximum absolute atomic E-state index is 5.71. The molecule has 0 spiro atoms. The topological polar surface area (TPSA) is 38.1 Å². The molecule has 2 aromatic rings. The Balaban J connectivity index is 2.03. The molecule has 94 valence electrons. The average Bonchev–Trinajstić information content (AvgIpc) is 2.79. The van der Waals surface area contributed by atoms with Crippen LogP contribution in [0, 0.1) is 6.92 Å². The highest BCUT2D eigenvalue weighted by molar-refractivity contribution is 7.99. The van der Waals surface area contributed by atoms with Gasteiger partial charge in [-0.1, -0.05) is 6.07 Å². The lowest BCUT2D eigenvalue weighted by Gasteiger charge is -2.15. The third-order valence-corrected chi connectivity index (χ3v) is 4.38. The van der Waals surface area contributed by atoms with Crippen LogP contribution in [0.1, 0.15) is 17.7 Å². The molecular formula is C14H16N2OS. The van der Waals surface area contributed by atoms with E-state index < -0.39 is 0 Å². The van der Waals surface area contributed by atoms with Crippen LogP contribution in [0.3, 0.4) is 0 Å². The summed E-state index contributed by atoms with van der Waals surface area (Å²) in [7, 11) is 1.82. The van der Waals surface area contributed by atoms with Crippen LogP contribution in [0.2, 0.25) is 0 Å². The van der Waals surface area contributed by atoms with Crippen LogP contribution in [-0.4, -0.2) is 17.8 Å². The summed E-state index contributed by atoms with van der Waals surface area (Å²) in [6.45, 7) is 1.98. The second kappa shape index (κ2) is 4.69. The first-order valence-electron chi connectivity index (χ1n) is 6.19. The molecule has 1 aliphatic heterocycles. The molecule has 1 aliphatic rings. The van der Waals surface area contributed by atoms with Crippen LogP contribution in [0.25, 0.3) is 11.3 Å². The van der Waals surface area contributed by atoms with Gasteiger partial charge < -0.3 is 9.73 Å². The number of hydrogen-bond acceptors (Lipinski definition) is 4. The van der Waals surface area contributed by atoms with Crippen LogP contribution in [0.5, 0.6) is 0 Å². The van der Waals surface area contributed by atoms with Gasteiger partial charge in [0.05, 0.1) is 5.69 Å². The van der Waals surface area contributed by atoms with Gasteiger partial charge in [0.15, 0.2) is 5.76 Å². The Bertz CT molecular complexity index is 577. The molecule has 4 heteroatoms. The van der Waals surface area contributed by atoms with Gasteiger partial charge in [0.25, 0.3) is 6.01 Å². The maximum atomic E-state index is 5.71. The predicted molar refractivity (Wildman–Crippen MR) is 75.3 cm³/mol. The second-order valence-corrected chi connectivity index (χ2v) is 5.59. The summed E-state index contributed by atoms with van der Waals surface area (Å²) >= 11 is 1.95. The van der Waals surface area contributed by atoms with Gasteiger partial charge in [-0.15, -0.1) is 11.8 Å². The number of nitrogens with zero attached hydrogens (tertiary/aromatic N) is 1. The van der Waals surface area contributed by atoms with E-state index in [1.54, 1.807) is 0 Å². The molecule has 3 rings (SSSR count). The molecule has 0 aliphatic carbocycles. The Hall–Kier alpha value is -1.42. The minimum atomic E-state index is 0.578. The normalized spacial score (nSPS) is 14.3. The lowest BCUT2D eigenvalue weighted by Crippen LogP contribution is -1.98. The Morgan fingerprint density at radius 3 is 3.06 bits per heavy atom. The van der Waals surface area contributed by atoms with Crippen LogP contribution in [0.4, 0.5) is 6.01 Å². The Morgan fingerprint density at radius 2 is 2.28 bits per heavy atom. The van der Waals surface area contributed by atoms with E-state index in [1.807, 2.05) is 25.7 Å². The van der Waals surface area contributed by atoms with Gasteiger partial charge in [0, 0.05) is 17.5 Å². The number of benzene rings is 1. The SMILES string of the molecule is CNc1nc(C)c(-c2ccc3c(c2)CCCS3)o1. The Morgan fingerprint density at radius 1 is 1.39 bits per heavy atom. The van der Waals surface area contributed by atoms with E-state index in [1.165, 1.54) is 29.1 Å². The molecule has 18 heavy (non-hydrogen) atoms. The van der Waals surface area contributed by atoms with E-state index in [0.29, 0.717) is 6.01 Å². The molecule has 0 radical (unpaired) electrons. The maximum Gasteiger partial charge on any atom is 0.295 e.